The number of pyridine rings is 1. The lowest BCUT2D eigenvalue weighted by atomic mass is 9.98. The Balaban J connectivity index is 1.39. The molecule has 26 heavy (non-hydrogen) atoms. The van der Waals surface area contributed by atoms with Gasteiger partial charge in [-0.25, -0.2) is 14.5 Å². The van der Waals surface area contributed by atoms with Crippen LogP contribution in [0.15, 0.2) is 36.8 Å². The van der Waals surface area contributed by atoms with Crippen LogP contribution in [0, 0.1) is 24.2 Å². The van der Waals surface area contributed by atoms with Crippen molar-refractivity contribution >= 4 is 11.3 Å². The number of nitrogens with zero attached hydrogens (tertiary/aromatic N) is 6. The molecule has 1 aliphatic rings. The van der Waals surface area contributed by atoms with Crippen LogP contribution in [0.25, 0.3) is 5.52 Å². The molecule has 3 aromatic heterocycles. The number of fused-ring (bicyclic) bond motifs is 1. The number of ether oxygens (including phenoxy) is 1. The zero-order valence-electron chi connectivity index (χ0n) is 14.7. The lowest BCUT2D eigenvalue weighted by Crippen LogP contribution is -2.36. The Labute approximate surface area is 151 Å². The van der Waals surface area contributed by atoms with Gasteiger partial charge in [-0.3, -0.25) is 0 Å². The van der Waals surface area contributed by atoms with Crippen LogP contribution in [0.4, 0.5) is 5.82 Å². The number of aromatic nitrogens is 4. The van der Waals surface area contributed by atoms with Crippen molar-refractivity contribution in [2.75, 3.05) is 24.6 Å². The van der Waals surface area contributed by atoms with Gasteiger partial charge in [-0.2, -0.15) is 10.4 Å². The topological polar surface area (TPSA) is 79.3 Å². The molecule has 0 aliphatic carbocycles. The summed E-state index contributed by atoms with van der Waals surface area (Å²) in [5.74, 6) is 1.87. The number of hydrogen-bond acceptors (Lipinski definition) is 6. The molecule has 0 amide bonds. The van der Waals surface area contributed by atoms with Crippen LogP contribution in [0.3, 0.4) is 0 Å². The SMILES string of the molecule is Cc1cc2c(N3CCC(COc4ncccc4C#N)CC3)nccn2n1. The Bertz CT molecular complexity index is 952. The van der Waals surface area contributed by atoms with Gasteiger partial charge >= 0.3 is 0 Å². The Morgan fingerprint density at radius 2 is 2.12 bits per heavy atom. The lowest BCUT2D eigenvalue weighted by molar-refractivity contribution is 0.215. The van der Waals surface area contributed by atoms with Crippen LogP contribution >= 0.6 is 0 Å². The second kappa shape index (κ2) is 7.00. The van der Waals surface area contributed by atoms with E-state index in [1.54, 1.807) is 24.5 Å². The van der Waals surface area contributed by atoms with Crippen molar-refractivity contribution in [3.63, 3.8) is 0 Å². The quantitative estimate of drug-likeness (QED) is 0.721. The van der Waals surface area contributed by atoms with Gasteiger partial charge in [0.15, 0.2) is 5.82 Å². The molecule has 0 bridgehead atoms. The monoisotopic (exact) mass is 348 g/mol. The average Bonchev–Trinajstić information content (AvgIpc) is 3.07. The van der Waals surface area contributed by atoms with E-state index in [0.29, 0.717) is 24.0 Å². The Morgan fingerprint density at radius 3 is 2.92 bits per heavy atom. The number of nitriles is 1. The first-order valence-corrected chi connectivity index (χ1v) is 8.78. The van der Waals surface area contributed by atoms with Gasteiger partial charge < -0.3 is 9.64 Å². The minimum atomic E-state index is 0.429. The molecule has 0 radical (unpaired) electrons. The second-order valence-electron chi connectivity index (χ2n) is 6.58. The molecule has 1 fully saturated rings. The van der Waals surface area contributed by atoms with Crippen LogP contribution < -0.4 is 9.64 Å². The van der Waals surface area contributed by atoms with Gasteiger partial charge in [0.1, 0.15) is 17.1 Å². The van der Waals surface area contributed by atoms with E-state index < -0.39 is 0 Å². The van der Waals surface area contributed by atoms with E-state index in [1.165, 1.54) is 0 Å². The summed E-state index contributed by atoms with van der Waals surface area (Å²) in [6, 6.07) is 7.66. The van der Waals surface area contributed by atoms with Crippen LogP contribution in [0.5, 0.6) is 5.88 Å². The number of hydrogen-bond donors (Lipinski definition) is 0. The molecule has 0 spiro atoms. The van der Waals surface area contributed by atoms with E-state index >= 15 is 0 Å². The largest absolute Gasteiger partial charge is 0.476 e. The first-order chi connectivity index (χ1) is 12.7. The molecule has 0 saturated carbocycles. The first-order valence-electron chi connectivity index (χ1n) is 8.78. The van der Waals surface area contributed by atoms with Gasteiger partial charge in [-0.1, -0.05) is 0 Å². The summed E-state index contributed by atoms with van der Waals surface area (Å²) in [4.78, 5) is 11.0. The lowest BCUT2D eigenvalue weighted by Gasteiger charge is -2.32. The third-order valence-electron chi connectivity index (χ3n) is 4.75. The Kier molecular flexibility index (Phi) is 4.40. The second-order valence-corrected chi connectivity index (χ2v) is 6.58. The van der Waals surface area contributed by atoms with E-state index in [4.69, 9.17) is 10.00 Å². The minimum Gasteiger partial charge on any atom is -0.476 e. The van der Waals surface area contributed by atoms with Gasteiger partial charge in [-0.15, -0.1) is 0 Å². The molecule has 7 heteroatoms. The van der Waals surface area contributed by atoms with Gasteiger partial charge in [0.05, 0.1) is 12.3 Å². The third-order valence-corrected chi connectivity index (χ3v) is 4.75. The minimum absolute atomic E-state index is 0.429. The van der Waals surface area contributed by atoms with Gasteiger partial charge in [0.25, 0.3) is 0 Å². The highest BCUT2D eigenvalue weighted by Crippen LogP contribution is 2.26. The number of anilines is 1. The molecule has 0 aromatic carbocycles. The number of rotatable bonds is 4. The molecule has 4 heterocycles. The van der Waals surface area contributed by atoms with E-state index in [9.17, 15) is 0 Å². The van der Waals surface area contributed by atoms with E-state index in [2.05, 4.69) is 32.1 Å². The summed E-state index contributed by atoms with van der Waals surface area (Å²) in [6.45, 7) is 4.44. The first kappa shape index (κ1) is 16.3. The predicted molar refractivity (Wildman–Crippen MR) is 97.1 cm³/mol. The number of piperidine rings is 1. The molecule has 0 N–H and O–H groups in total. The maximum absolute atomic E-state index is 9.11. The smallest absolute Gasteiger partial charge is 0.231 e. The van der Waals surface area contributed by atoms with E-state index in [-0.39, 0.29) is 0 Å². The molecule has 0 atom stereocenters. The summed E-state index contributed by atoms with van der Waals surface area (Å²) in [7, 11) is 0. The summed E-state index contributed by atoms with van der Waals surface area (Å²) < 4.78 is 7.69. The summed E-state index contributed by atoms with van der Waals surface area (Å²) in [6.07, 6.45) is 7.37. The zero-order chi connectivity index (χ0) is 17.9. The molecule has 7 nitrogen and oxygen atoms in total. The van der Waals surface area contributed by atoms with Crippen molar-refractivity contribution in [1.82, 2.24) is 19.6 Å². The fourth-order valence-corrected chi connectivity index (χ4v) is 3.37. The third kappa shape index (κ3) is 3.18. The van der Waals surface area contributed by atoms with Gasteiger partial charge in [-0.05, 0) is 43.9 Å². The van der Waals surface area contributed by atoms with E-state index in [0.717, 1.165) is 43.0 Å². The summed E-state index contributed by atoms with van der Waals surface area (Å²) in [5.41, 5.74) is 2.52. The average molecular weight is 348 g/mol. The molecule has 1 aliphatic heterocycles. The predicted octanol–water partition coefficient (Wildman–Crippen LogP) is 2.60. The number of aryl methyl sites for hydroxylation is 1. The van der Waals surface area contributed by atoms with Crippen LogP contribution in [0.1, 0.15) is 24.1 Å². The van der Waals surface area contributed by atoms with Crippen molar-refractivity contribution in [1.29, 1.82) is 5.26 Å². The van der Waals surface area contributed by atoms with Crippen molar-refractivity contribution in [3.05, 3.63) is 48.0 Å². The highest BCUT2D eigenvalue weighted by molar-refractivity contribution is 5.69. The maximum Gasteiger partial charge on any atom is 0.231 e. The fraction of sp³-hybridized carbons (Fsp3) is 0.368. The standard InChI is InChI=1S/C19H20N6O/c1-14-11-17-18(21-7-10-25(17)23-14)24-8-4-15(5-9-24)13-26-19-16(12-20)3-2-6-22-19/h2-3,6-7,10-11,15H,4-5,8-9,13H2,1H3. The van der Waals surface area contributed by atoms with Gasteiger partial charge in [0.2, 0.25) is 5.88 Å². The molecular formula is C19H20N6O. The molecule has 1 saturated heterocycles. The zero-order valence-corrected chi connectivity index (χ0v) is 14.7. The Morgan fingerprint density at radius 1 is 1.27 bits per heavy atom. The van der Waals surface area contributed by atoms with Crippen molar-refractivity contribution in [3.8, 4) is 11.9 Å². The molecule has 3 aromatic rings. The van der Waals surface area contributed by atoms with Crippen LogP contribution in [-0.4, -0.2) is 39.3 Å². The highest BCUT2D eigenvalue weighted by Gasteiger charge is 2.23. The van der Waals surface area contributed by atoms with Crippen LogP contribution in [0.2, 0.25) is 0 Å². The Hall–Kier alpha value is -3.14. The van der Waals surface area contributed by atoms with Crippen molar-refractivity contribution in [2.45, 2.75) is 19.8 Å². The molecule has 132 valence electrons. The fourth-order valence-electron chi connectivity index (χ4n) is 3.37. The normalized spacial score (nSPS) is 15.2. The summed E-state index contributed by atoms with van der Waals surface area (Å²) in [5, 5.41) is 13.6. The van der Waals surface area contributed by atoms with Crippen molar-refractivity contribution in [2.24, 2.45) is 5.92 Å². The van der Waals surface area contributed by atoms with Crippen molar-refractivity contribution < 1.29 is 4.74 Å². The van der Waals surface area contributed by atoms with Crippen LogP contribution in [-0.2, 0) is 0 Å². The summed E-state index contributed by atoms with van der Waals surface area (Å²) >= 11 is 0. The van der Waals surface area contributed by atoms with Gasteiger partial charge in [0, 0.05) is 31.7 Å². The highest BCUT2D eigenvalue weighted by atomic mass is 16.5. The molecule has 0 unspecified atom stereocenters. The van der Waals surface area contributed by atoms with E-state index in [1.807, 2.05) is 17.6 Å². The maximum atomic E-state index is 9.11. The molecular weight excluding hydrogens is 328 g/mol. The molecule has 4 rings (SSSR count).